The summed E-state index contributed by atoms with van der Waals surface area (Å²) in [7, 11) is 0. The van der Waals surface area contributed by atoms with Gasteiger partial charge in [0, 0.05) is 40.8 Å². The van der Waals surface area contributed by atoms with E-state index < -0.39 is 0 Å². The number of likely N-dealkylation sites (tertiary alicyclic amines) is 1. The fraction of sp³-hybridized carbons (Fsp3) is 0.364. The molecule has 3 aromatic rings. The van der Waals surface area contributed by atoms with Crippen LogP contribution in [-0.2, 0) is 4.79 Å². The van der Waals surface area contributed by atoms with Crippen LogP contribution in [0.3, 0.4) is 0 Å². The molecule has 0 bridgehead atoms. The molecule has 4 rings (SSSR count). The first-order chi connectivity index (χ1) is 14.5. The SMILES string of the molecule is CC1CCCC(C)N1C(=O)CSc1nnc(-c2ccncc2)n1-c1ccc(Cl)cc1. The monoisotopic (exact) mass is 441 g/mol. The molecule has 1 aliphatic heterocycles. The molecule has 1 aromatic carbocycles. The van der Waals surface area contributed by atoms with Crippen molar-refractivity contribution in [2.75, 3.05) is 5.75 Å². The van der Waals surface area contributed by atoms with Crippen molar-refractivity contribution in [1.82, 2.24) is 24.6 Å². The number of carbonyl (C=O) groups is 1. The molecule has 0 N–H and O–H groups in total. The van der Waals surface area contributed by atoms with E-state index in [-0.39, 0.29) is 18.0 Å². The second-order valence-electron chi connectivity index (χ2n) is 7.57. The van der Waals surface area contributed by atoms with Crippen LogP contribution >= 0.6 is 23.4 Å². The second kappa shape index (κ2) is 9.18. The topological polar surface area (TPSA) is 63.9 Å². The lowest BCUT2D eigenvalue weighted by molar-refractivity contribution is -0.134. The summed E-state index contributed by atoms with van der Waals surface area (Å²) in [6, 6.07) is 11.9. The van der Waals surface area contributed by atoms with Gasteiger partial charge in [0.05, 0.1) is 5.75 Å². The number of aromatic nitrogens is 4. The predicted octanol–water partition coefficient (Wildman–Crippen LogP) is 4.86. The van der Waals surface area contributed by atoms with Crippen molar-refractivity contribution in [2.24, 2.45) is 0 Å². The Balaban J connectivity index is 1.62. The highest BCUT2D eigenvalue weighted by Crippen LogP contribution is 2.30. The third-order valence-corrected chi connectivity index (χ3v) is 6.63. The highest BCUT2D eigenvalue weighted by molar-refractivity contribution is 7.99. The normalized spacial score (nSPS) is 19.1. The first kappa shape index (κ1) is 20.9. The number of hydrogen-bond acceptors (Lipinski definition) is 5. The zero-order valence-electron chi connectivity index (χ0n) is 17.0. The molecule has 30 heavy (non-hydrogen) atoms. The molecular formula is C22H24ClN5OS. The average molecular weight is 442 g/mol. The van der Waals surface area contributed by atoms with E-state index in [0.717, 1.165) is 24.1 Å². The fourth-order valence-electron chi connectivity index (χ4n) is 3.99. The summed E-state index contributed by atoms with van der Waals surface area (Å²) in [6.45, 7) is 4.27. The minimum Gasteiger partial charge on any atom is -0.337 e. The molecule has 2 atom stereocenters. The lowest BCUT2D eigenvalue weighted by Crippen LogP contribution is -2.48. The van der Waals surface area contributed by atoms with E-state index in [1.807, 2.05) is 45.9 Å². The minimum absolute atomic E-state index is 0.149. The van der Waals surface area contributed by atoms with E-state index in [4.69, 9.17) is 11.6 Å². The Labute approximate surface area is 185 Å². The first-order valence-electron chi connectivity index (χ1n) is 10.1. The molecule has 0 saturated carbocycles. The number of amides is 1. The molecule has 2 unspecified atom stereocenters. The molecule has 1 saturated heterocycles. The summed E-state index contributed by atoms with van der Waals surface area (Å²) in [6.07, 6.45) is 6.76. The summed E-state index contributed by atoms with van der Waals surface area (Å²) < 4.78 is 1.96. The number of benzene rings is 1. The predicted molar refractivity (Wildman–Crippen MR) is 120 cm³/mol. The molecule has 1 aliphatic rings. The molecule has 2 aromatic heterocycles. The number of hydrogen-bond donors (Lipinski definition) is 0. The lowest BCUT2D eigenvalue weighted by atomic mass is 9.98. The van der Waals surface area contributed by atoms with E-state index in [2.05, 4.69) is 29.0 Å². The number of carbonyl (C=O) groups excluding carboxylic acids is 1. The van der Waals surface area contributed by atoms with E-state index in [0.29, 0.717) is 21.8 Å². The first-order valence-corrected chi connectivity index (χ1v) is 11.5. The second-order valence-corrected chi connectivity index (χ2v) is 8.95. The van der Waals surface area contributed by atoms with Crippen molar-refractivity contribution < 1.29 is 4.79 Å². The van der Waals surface area contributed by atoms with Gasteiger partial charge in [0.25, 0.3) is 0 Å². The van der Waals surface area contributed by atoms with Gasteiger partial charge in [-0.1, -0.05) is 23.4 Å². The maximum absolute atomic E-state index is 13.0. The van der Waals surface area contributed by atoms with E-state index >= 15 is 0 Å². The number of thioether (sulfide) groups is 1. The maximum atomic E-state index is 13.0. The quantitative estimate of drug-likeness (QED) is 0.529. The standard InChI is InChI=1S/C22H24ClN5OS/c1-15-4-3-5-16(2)27(15)20(29)14-30-22-26-25-21(17-10-12-24-13-11-17)28(22)19-8-6-18(23)7-9-19/h6-13,15-16H,3-5,14H2,1-2H3. The highest BCUT2D eigenvalue weighted by Gasteiger charge is 2.29. The molecule has 6 nitrogen and oxygen atoms in total. The van der Waals surface area contributed by atoms with Gasteiger partial charge < -0.3 is 4.90 Å². The van der Waals surface area contributed by atoms with Crippen molar-refractivity contribution in [3.05, 3.63) is 53.8 Å². The van der Waals surface area contributed by atoms with Crippen LogP contribution in [0.4, 0.5) is 0 Å². The smallest absolute Gasteiger partial charge is 0.233 e. The van der Waals surface area contributed by atoms with Gasteiger partial charge in [0.1, 0.15) is 0 Å². The van der Waals surface area contributed by atoms with Crippen LogP contribution in [0.25, 0.3) is 17.1 Å². The molecule has 8 heteroatoms. The Bertz CT molecular complexity index is 998. The summed E-state index contributed by atoms with van der Waals surface area (Å²) >= 11 is 7.50. The van der Waals surface area contributed by atoms with Crippen molar-refractivity contribution in [3.8, 4) is 17.1 Å². The molecular weight excluding hydrogens is 418 g/mol. The largest absolute Gasteiger partial charge is 0.337 e. The number of nitrogens with zero attached hydrogens (tertiary/aromatic N) is 5. The zero-order valence-corrected chi connectivity index (χ0v) is 18.6. The van der Waals surface area contributed by atoms with Gasteiger partial charge >= 0.3 is 0 Å². The number of pyridine rings is 1. The summed E-state index contributed by atoms with van der Waals surface area (Å²) in [5, 5.41) is 10.1. The van der Waals surface area contributed by atoms with Crippen molar-refractivity contribution in [2.45, 2.75) is 50.4 Å². The number of piperidine rings is 1. The molecule has 0 spiro atoms. The van der Waals surface area contributed by atoms with Crippen molar-refractivity contribution >= 4 is 29.3 Å². The average Bonchev–Trinajstić information content (AvgIpc) is 3.17. The third-order valence-electron chi connectivity index (χ3n) is 5.46. The Kier molecular flexibility index (Phi) is 6.39. The van der Waals surface area contributed by atoms with Crippen molar-refractivity contribution in [3.63, 3.8) is 0 Å². The Morgan fingerprint density at radius 2 is 1.73 bits per heavy atom. The molecule has 3 heterocycles. The highest BCUT2D eigenvalue weighted by atomic mass is 35.5. The van der Waals surface area contributed by atoms with Crippen LogP contribution in [-0.4, -0.2) is 48.4 Å². The zero-order chi connectivity index (χ0) is 21.1. The minimum atomic E-state index is 0.149. The van der Waals surface area contributed by atoms with E-state index in [9.17, 15) is 4.79 Å². The maximum Gasteiger partial charge on any atom is 0.233 e. The molecule has 156 valence electrons. The van der Waals surface area contributed by atoms with Crippen molar-refractivity contribution in [1.29, 1.82) is 0 Å². The molecule has 1 fully saturated rings. The number of rotatable bonds is 5. The Morgan fingerprint density at radius 1 is 1.07 bits per heavy atom. The van der Waals surface area contributed by atoms with Gasteiger partial charge in [-0.15, -0.1) is 10.2 Å². The van der Waals surface area contributed by atoms with Crippen LogP contribution in [0.15, 0.2) is 53.9 Å². The van der Waals surface area contributed by atoms with Gasteiger partial charge in [-0.2, -0.15) is 0 Å². The third kappa shape index (κ3) is 4.37. The lowest BCUT2D eigenvalue weighted by Gasteiger charge is -2.39. The fourth-order valence-corrected chi connectivity index (χ4v) is 4.94. The van der Waals surface area contributed by atoms with Crippen LogP contribution < -0.4 is 0 Å². The number of halogens is 1. The molecule has 1 amide bonds. The summed E-state index contributed by atoms with van der Waals surface area (Å²) in [4.78, 5) is 19.1. The Morgan fingerprint density at radius 3 is 2.40 bits per heavy atom. The van der Waals surface area contributed by atoms with Gasteiger partial charge in [0.2, 0.25) is 5.91 Å². The van der Waals surface area contributed by atoms with Crippen LogP contribution in [0.5, 0.6) is 0 Å². The Hall–Kier alpha value is -2.38. The van der Waals surface area contributed by atoms with E-state index in [1.165, 1.54) is 18.2 Å². The summed E-state index contributed by atoms with van der Waals surface area (Å²) in [5.41, 5.74) is 1.80. The van der Waals surface area contributed by atoms with Crippen LogP contribution in [0.2, 0.25) is 5.02 Å². The molecule has 0 aliphatic carbocycles. The van der Waals surface area contributed by atoms with Gasteiger partial charge in [-0.3, -0.25) is 14.3 Å². The van der Waals surface area contributed by atoms with Gasteiger partial charge in [-0.05, 0) is 69.5 Å². The molecule has 0 radical (unpaired) electrons. The van der Waals surface area contributed by atoms with Crippen LogP contribution in [0.1, 0.15) is 33.1 Å². The van der Waals surface area contributed by atoms with E-state index in [1.54, 1.807) is 12.4 Å². The van der Waals surface area contributed by atoms with Crippen LogP contribution in [0, 0.1) is 0 Å². The summed E-state index contributed by atoms with van der Waals surface area (Å²) in [5.74, 6) is 1.18. The van der Waals surface area contributed by atoms with Gasteiger partial charge in [0.15, 0.2) is 11.0 Å². The van der Waals surface area contributed by atoms with Gasteiger partial charge in [-0.25, -0.2) is 0 Å².